The molecule has 3 rings (SSSR count). The van der Waals surface area contributed by atoms with Crippen LogP contribution >= 0.6 is 24.0 Å². The minimum absolute atomic E-state index is 0. The third-order valence-corrected chi connectivity index (χ3v) is 4.53. The van der Waals surface area contributed by atoms with Crippen LogP contribution in [0.3, 0.4) is 0 Å². The van der Waals surface area contributed by atoms with Crippen molar-refractivity contribution in [2.45, 2.75) is 31.2 Å². The summed E-state index contributed by atoms with van der Waals surface area (Å²) in [7, 11) is 3.93. The molecule has 0 aromatic heterocycles. The van der Waals surface area contributed by atoms with E-state index < -0.39 is 0 Å². The van der Waals surface area contributed by atoms with Gasteiger partial charge in [-0.1, -0.05) is 30.3 Å². The molecule has 2 saturated carbocycles. The number of aliphatic imine (C=N–C) groups is 1. The maximum Gasteiger partial charge on any atom is 0.193 e. The molecule has 0 aliphatic heterocycles. The first-order valence-corrected chi connectivity index (χ1v) is 8.35. The highest BCUT2D eigenvalue weighted by atomic mass is 127. The van der Waals surface area contributed by atoms with Gasteiger partial charge in [0.05, 0.1) is 6.61 Å². The number of nitrogens with one attached hydrogen (secondary N) is 1. The molecular formula is C18H28IN3O. The van der Waals surface area contributed by atoms with Gasteiger partial charge >= 0.3 is 0 Å². The van der Waals surface area contributed by atoms with Crippen LogP contribution in [0.5, 0.6) is 0 Å². The number of rotatable bonds is 7. The highest BCUT2D eigenvalue weighted by molar-refractivity contribution is 14.0. The maximum atomic E-state index is 5.71. The number of nitrogens with zero attached hydrogens (tertiary/aromatic N) is 2. The van der Waals surface area contributed by atoms with Crippen LogP contribution in [0.25, 0.3) is 0 Å². The van der Waals surface area contributed by atoms with E-state index in [0.29, 0.717) is 12.0 Å². The Bertz CT molecular complexity index is 504. The number of likely N-dealkylation sites (N-methyl/N-ethyl adjacent to an activating group) is 1. The van der Waals surface area contributed by atoms with Crippen LogP contribution in [-0.2, 0) is 4.74 Å². The molecule has 2 aliphatic rings. The SMILES string of the molecule is CN=C(NC1CC1c1ccccc1)N(C)CCOCC1CC1.I. The number of ether oxygens (including phenoxy) is 1. The molecule has 1 N–H and O–H groups in total. The Hall–Kier alpha value is -0.820. The van der Waals surface area contributed by atoms with Crippen molar-refractivity contribution in [3.8, 4) is 0 Å². The first-order valence-electron chi connectivity index (χ1n) is 8.35. The predicted octanol–water partition coefficient (Wildman–Crippen LogP) is 3.09. The third kappa shape index (κ3) is 5.64. The van der Waals surface area contributed by atoms with Crippen molar-refractivity contribution in [1.29, 1.82) is 0 Å². The van der Waals surface area contributed by atoms with Gasteiger partial charge < -0.3 is 15.0 Å². The van der Waals surface area contributed by atoms with Gasteiger partial charge in [-0.3, -0.25) is 4.99 Å². The highest BCUT2D eigenvalue weighted by Gasteiger charge is 2.39. The first kappa shape index (κ1) is 18.5. The molecule has 128 valence electrons. The Kier molecular flexibility index (Phi) is 7.14. The predicted molar refractivity (Wildman–Crippen MR) is 106 cm³/mol. The van der Waals surface area contributed by atoms with Crippen LogP contribution in [0.2, 0.25) is 0 Å². The van der Waals surface area contributed by atoms with E-state index >= 15 is 0 Å². The molecule has 4 nitrogen and oxygen atoms in total. The summed E-state index contributed by atoms with van der Waals surface area (Å²) >= 11 is 0. The second-order valence-corrected chi connectivity index (χ2v) is 6.49. The lowest BCUT2D eigenvalue weighted by atomic mass is 10.1. The molecule has 1 aromatic rings. The molecule has 2 fully saturated rings. The van der Waals surface area contributed by atoms with Crippen molar-refractivity contribution >= 4 is 29.9 Å². The molecule has 23 heavy (non-hydrogen) atoms. The zero-order valence-electron chi connectivity index (χ0n) is 14.1. The zero-order chi connectivity index (χ0) is 15.4. The minimum atomic E-state index is 0. The molecule has 0 spiro atoms. The molecule has 0 bridgehead atoms. The number of benzene rings is 1. The van der Waals surface area contributed by atoms with E-state index in [9.17, 15) is 0 Å². The number of hydrogen-bond acceptors (Lipinski definition) is 2. The molecule has 0 heterocycles. The Morgan fingerprint density at radius 3 is 2.70 bits per heavy atom. The third-order valence-electron chi connectivity index (χ3n) is 4.53. The summed E-state index contributed by atoms with van der Waals surface area (Å²) in [5, 5.41) is 3.57. The Morgan fingerprint density at radius 2 is 2.04 bits per heavy atom. The van der Waals surface area contributed by atoms with Crippen LogP contribution < -0.4 is 5.32 Å². The van der Waals surface area contributed by atoms with E-state index in [4.69, 9.17) is 4.74 Å². The lowest BCUT2D eigenvalue weighted by Crippen LogP contribution is -2.42. The quantitative estimate of drug-likeness (QED) is 0.313. The summed E-state index contributed by atoms with van der Waals surface area (Å²) in [5.74, 6) is 2.43. The van der Waals surface area contributed by atoms with Gasteiger partial charge in [-0.15, -0.1) is 24.0 Å². The summed E-state index contributed by atoms with van der Waals surface area (Å²) in [4.78, 5) is 6.56. The van der Waals surface area contributed by atoms with Crippen LogP contribution in [0.1, 0.15) is 30.7 Å². The molecule has 2 aliphatic carbocycles. The Morgan fingerprint density at radius 1 is 1.30 bits per heavy atom. The lowest BCUT2D eigenvalue weighted by molar-refractivity contribution is 0.115. The first-order chi connectivity index (χ1) is 10.8. The summed E-state index contributed by atoms with van der Waals surface area (Å²) in [6, 6.07) is 11.2. The molecule has 2 unspecified atom stereocenters. The van der Waals surface area contributed by atoms with Crippen molar-refractivity contribution in [2.75, 3.05) is 33.9 Å². The average molecular weight is 429 g/mol. The fourth-order valence-electron chi connectivity index (χ4n) is 2.78. The van der Waals surface area contributed by atoms with Gasteiger partial charge in [0, 0.05) is 39.2 Å². The van der Waals surface area contributed by atoms with E-state index in [2.05, 4.69) is 52.6 Å². The van der Waals surface area contributed by atoms with Gasteiger partial charge in [0.25, 0.3) is 0 Å². The molecule has 0 amide bonds. The van der Waals surface area contributed by atoms with Gasteiger partial charge in [0.15, 0.2) is 5.96 Å². The zero-order valence-corrected chi connectivity index (χ0v) is 16.4. The standard InChI is InChI=1S/C18H27N3O.HI/c1-19-18(21(2)10-11-22-13-14-8-9-14)20-17-12-16(17)15-6-4-3-5-7-15;/h3-7,14,16-17H,8-13H2,1-2H3,(H,19,20);1H. The second-order valence-electron chi connectivity index (χ2n) is 6.49. The molecule has 5 heteroatoms. The highest BCUT2D eigenvalue weighted by Crippen LogP contribution is 2.40. The second kappa shape index (κ2) is 8.87. The average Bonchev–Trinajstić information content (AvgIpc) is 3.45. The van der Waals surface area contributed by atoms with Gasteiger partial charge in [-0.2, -0.15) is 0 Å². The molecular weight excluding hydrogens is 401 g/mol. The lowest BCUT2D eigenvalue weighted by Gasteiger charge is -2.22. The largest absolute Gasteiger partial charge is 0.379 e. The number of hydrogen-bond donors (Lipinski definition) is 1. The molecule has 2 atom stereocenters. The van der Waals surface area contributed by atoms with E-state index in [1.165, 1.54) is 24.8 Å². The molecule has 0 saturated heterocycles. The molecule has 0 radical (unpaired) electrons. The van der Waals surface area contributed by atoms with Gasteiger partial charge in [0.1, 0.15) is 0 Å². The van der Waals surface area contributed by atoms with Crippen molar-refractivity contribution in [3.63, 3.8) is 0 Å². The summed E-state index contributed by atoms with van der Waals surface area (Å²) in [6.07, 6.45) is 3.89. The van der Waals surface area contributed by atoms with E-state index in [-0.39, 0.29) is 24.0 Å². The fourth-order valence-corrected chi connectivity index (χ4v) is 2.78. The number of halogens is 1. The van der Waals surface area contributed by atoms with Crippen molar-refractivity contribution in [2.24, 2.45) is 10.9 Å². The van der Waals surface area contributed by atoms with E-state index in [1.807, 2.05) is 7.05 Å². The minimum Gasteiger partial charge on any atom is -0.379 e. The van der Waals surface area contributed by atoms with Gasteiger partial charge in [0.2, 0.25) is 0 Å². The van der Waals surface area contributed by atoms with Gasteiger partial charge in [-0.05, 0) is 30.7 Å². The summed E-state index contributed by atoms with van der Waals surface area (Å²) in [6.45, 7) is 2.59. The molecule has 1 aromatic carbocycles. The monoisotopic (exact) mass is 429 g/mol. The topological polar surface area (TPSA) is 36.9 Å². The van der Waals surface area contributed by atoms with Crippen molar-refractivity contribution in [1.82, 2.24) is 10.2 Å². The Labute approximate surface area is 156 Å². The smallest absolute Gasteiger partial charge is 0.193 e. The maximum absolute atomic E-state index is 5.71. The van der Waals surface area contributed by atoms with E-state index in [1.54, 1.807) is 0 Å². The van der Waals surface area contributed by atoms with E-state index in [0.717, 1.165) is 31.6 Å². The summed E-state index contributed by atoms with van der Waals surface area (Å²) < 4.78 is 5.71. The number of guanidine groups is 1. The fraction of sp³-hybridized carbons (Fsp3) is 0.611. The van der Waals surface area contributed by atoms with Gasteiger partial charge in [-0.25, -0.2) is 0 Å². The summed E-state index contributed by atoms with van der Waals surface area (Å²) in [5.41, 5.74) is 1.42. The van der Waals surface area contributed by atoms with Crippen LogP contribution in [-0.4, -0.2) is 50.8 Å². The van der Waals surface area contributed by atoms with Crippen molar-refractivity contribution < 1.29 is 4.74 Å². The van der Waals surface area contributed by atoms with Crippen LogP contribution in [0.4, 0.5) is 0 Å². The normalized spacial score (nSPS) is 23.1. The van der Waals surface area contributed by atoms with Crippen LogP contribution in [0.15, 0.2) is 35.3 Å². The van der Waals surface area contributed by atoms with Crippen molar-refractivity contribution in [3.05, 3.63) is 35.9 Å². The van der Waals surface area contributed by atoms with Crippen LogP contribution in [0, 0.1) is 5.92 Å². The Balaban J connectivity index is 0.00000192.